The average Bonchev–Trinajstić information content (AvgIpc) is 3.27. The summed E-state index contributed by atoms with van der Waals surface area (Å²) in [4.78, 5) is 12.7. The summed E-state index contributed by atoms with van der Waals surface area (Å²) in [5, 5.41) is 86.0. The Bertz CT molecular complexity index is 1060. The molecular formula is C48H93NO13. The zero-order chi connectivity index (χ0) is 45.4. The van der Waals surface area contributed by atoms with Crippen LogP contribution in [0, 0.1) is 0 Å². The molecule has 0 aliphatic carbocycles. The average molecular weight is 892 g/mol. The monoisotopic (exact) mass is 892 g/mol. The van der Waals surface area contributed by atoms with Crippen LogP contribution in [0.3, 0.4) is 0 Å². The second-order valence-corrected chi connectivity index (χ2v) is 18.3. The molecule has 62 heavy (non-hydrogen) atoms. The highest BCUT2D eigenvalue weighted by Crippen LogP contribution is 2.30. The van der Waals surface area contributed by atoms with Gasteiger partial charge in [-0.25, -0.2) is 0 Å². The first kappa shape index (κ1) is 57.1. The molecule has 0 saturated carbocycles. The fraction of sp³-hybridized carbons (Fsp3) is 0.979. The van der Waals surface area contributed by atoms with E-state index in [2.05, 4.69) is 12.2 Å². The van der Waals surface area contributed by atoms with Gasteiger partial charge in [0.15, 0.2) is 12.6 Å². The number of ether oxygens (including phenoxy) is 4. The lowest BCUT2D eigenvalue weighted by Crippen LogP contribution is -2.65. The predicted octanol–water partition coefficient (Wildman–Crippen LogP) is 6.22. The summed E-state index contributed by atoms with van der Waals surface area (Å²) in [6.45, 7) is 2.61. The quantitative estimate of drug-likeness (QED) is 0.0313. The number of amides is 1. The van der Waals surface area contributed by atoms with Crippen LogP contribution in [-0.4, -0.2) is 140 Å². The number of unbranched alkanes of at least 4 members (excludes halogenated alkanes) is 26. The normalized spacial score (nSPS) is 27.6. The lowest BCUT2D eigenvalue weighted by molar-refractivity contribution is -0.359. The van der Waals surface area contributed by atoms with Crippen molar-refractivity contribution in [3.05, 3.63) is 0 Å². The number of hydrogen-bond acceptors (Lipinski definition) is 13. The summed E-state index contributed by atoms with van der Waals surface area (Å²) >= 11 is 0. The molecule has 1 amide bonds. The van der Waals surface area contributed by atoms with Gasteiger partial charge in [0.05, 0.1) is 32.0 Å². The molecular weight excluding hydrogens is 799 g/mol. The predicted molar refractivity (Wildman–Crippen MR) is 240 cm³/mol. The Morgan fingerprint density at radius 1 is 0.516 bits per heavy atom. The molecule has 368 valence electrons. The molecule has 2 saturated heterocycles. The van der Waals surface area contributed by atoms with E-state index in [4.69, 9.17) is 18.9 Å². The fourth-order valence-electron chi connectivity index (χ4n) is 8.63. The molecule has 2 aliphatic rings. The third-order valence-electron chi connectivity index (χ3n) is 12.8. The van der Waals surface area contributed by atoms with Gasteiger partial charge < -0.3 is 65.1 Å². The Hall–Kier alpha value is -1.01. The number of aliphatic hydroxyl groups is 8. The van der Waals surface area contributed by atoms with E-state index in [-0.39, 0.29) is 18.9 Å². The SMILES string of the molecule is CCCCCCCCCCCCCCCCCCCCCCCCCCCCC(O)C(COC1OC(CO)C(OC2OC(CO)C(O)C(O)C2O)C(O)C1O)NC(=O)CCCC. The molecule has 2 rings (SSSR count). The molecule has 2 aliphatic heterocycles. The van der Waals surface area contributed by atoms with Gasteiger partial charge >= 0.3 is 0 Å². The van der Waals surface area contributed by atoms with Gasteiger partial charge in [-0.2, -0.15) is 0 Å². The number of aliphatic hydroxyl groups excluding tert-OH is 8. The first-order valence-electron chi connectivity index (χ1n) is 25.3. The lowest BCUT2D eigenvalue weighted by Gasteiger charge is -2.46. The van der Waals surface area contributed by atoms with Crippen molar-refractivity contribution in [3.63, 3.8) is 0 Å². The summed E-state index contributed by atoms with van der Waals surface area (Å²) < 4.78 is 22.5. The second kappa shape index (κ2) is 36.2. The fourth-order valence-corrected chi connectivity index (χ4v) is 8.63. The van der Waals surface area contributed by atoms with Crippen molar-refractivity contribution < 1.29 is 64.6 Å². The van der Waals surface area contributed by atoms with Gasteiger partial charge in [-0.05, 0) is 12.8 Å². The molecule has 0 radical (unpaired) electrons. The second-order valence-electron chi connectivity index (χ2n) is 18.3. The standard InChI is InChI=1S/C48H93NO13/c1-3-5-7-8-9-10-11-12-13-14-15-16-17-18-19-20-21-22-23-24-25-26-27-28-29-30-31-37(52)36(49-40(53)32-6-4-2)35-59-47-45(58)43(56)46(39(34-51)61-47)62-48-44(57)42(55)41(54)38(33-50)60-48/h36-39,41-48,50-52,54-58H,3-35H2,1-2H3,(H,49,53). The Balaban J connectivity index is 1.59. The third-order valence-corrected chi connectivity index (χ3v) is 12.8. The Morgan fingerprint density at radius 3 is 1.35 bits per heavy atom. The van der Waals surface area contributed by atoms with Gasteiger partial charge in [0.1, 0.15) is 48.8 Å². The first-order valence-corrected chi connectivity index (χ1v) is 25.3. The van der Waals surface area contributed by atoms with Crippen molar-refractivity contribution in [3.8, 4) is 0 Å². The molecule has 12 atom stereocenters. The van der Waals surface area contributed by atoms with E-state index in [1.807, 2.05) is 6.92 Å². The van der Waals surface area contributed by atoms with Gasteiger partial charge in [0, 0.05) is 6.42 Å². The molecule has 2 heterocycles. The molecule has 12 unspecified atom stereocenters. The highest BCUT2D eigenvalue weighted by molar-refractivity contribution is 5.76. The molecule has 0 spiro atoms. The van der Waals surface area contributed by atoms with Gasteiger partial charge in [0.2, 0.25) is 5.91 Å². The number of carbonyl (C=O) groups excluding carboxylic acids is 1. The van der Waals surface area contributed by atoms with Crippen molar-refractivity contribution >= 4 is 5.91 Å². The minimum atomic E-state index is -1.78. The van der Waals surface area contributed by atoms with Crippen LogP contribution in [0.1, 0.15) is 206 Å². The molecule has 0 bridgehead atoms. The molecule has 2 fully saturated rings. The van der Waals surface area contributed by atoms with E-state index in [1.165, 1.54) is 141 Å². The number of nitrogens with one attached hydrogen (secondary N) is 1. The van der Waals surface area contributed by atoms with Gasteiger partial charge in [-0.1, -0.05) is 187 Å². The third kappa shape index (κ3) is 23.4. The van der Waals surface area contributed by atoms with E-state index in [1.54, 1.807) is 0 Å². The molecule has 0 aromatic carbocycles. The highest BCUT2D eigenvalue weighted by atomic mass is 16.7. The zero-order valence-corrected chi connectivity index (χ0v) is 38.9. The largest absolute Gasteiger partial charge is 0.394 e. The Labute approximate surface area is 374 Å². The highest BCUT2D eigenvalue weighted by Gasteiger charge is 2.51. The maximum absolute atomic E-state index is 12.7. The maximum Gasteiger partial charge on any atom is 0.220 e. The summed E-state index contributed by atoms with van der Waals surface area (Å²) in [5.74, 6) is -0.240. The van der Waals surface area contributed by atoms with Crippen LogP contribution < -0.4 is 5.32 Å². The van der Waals surface area contributed by atoms with Gasteiger partial charge in [-0.15, -0.1) is 0 Å². The van der Waals surface area contributed by atoms with Crippen molar-refractivity contribution in [2.45, 2.75) is 280 Å². The summed E-state index contributed by atoms with van der Waals surface area (Å²) in [6, 6.07) is -0.817. The summed E-state index contributed by atoms with van der Waals surface area (Å²) in [5.41, 5.74) is 0. The Morgan fingerprint density at radius 2 is 0.919 bits per heavy atom. The Kier molecular flexibility index (Phi) is 33.3. The minimum absolute atomic E-state index is 0.240. The van der Waals surface area contributed by atoms with Crippen molar-refractivity contribution in [2.24, 2.45) is 0 Å². The van der Waals surface area contributed by atoms with Crippen molar-refractivity contribution in [1.29, 1.82) is 0 Å². The smallest absolute Gasteiger partial charge is 0.220 e. The van der Waals surface area contributed by atoms with Crippen LogP contribution in [0.5, 0.6) is 0 Å². The molecule has 0 aromatic heterocycles. The lowest BCUT2D eigenvalue weighted by atomic mass is 9.97. The van der Waals surface area contributed by atoms with Crippen LogP contribution in [0.15, 0.2) is 0 Å². The molecule has 14 nitrogen and oxygen atoms in total. The zero-order valence-electron chi connectivity index (χ0n) is 38.9. The van der Waals surface area contributed by atoms with Crippen molar-refractivity contribution in [1.82, 2.24) is 5.32 Å². The van der Waals surface area contributed by atoms with Gasteiger partial charge in [0.25, 0.3) is 0 Å². The van der Waals surface area contributed by atoms with Crippen molar-refractivity contribution in [2.75, 3.05) is 19.8 Å². The van der Waals surface area contributed by atoms with E-state index in [0.29, 0.717) is 12.8 Å². The van der Waals surface area contributed by atoms with E-state index < -0.39 is 86.8 Å². The van der Waals surface area contributed by atoms with Crippen LogP contribution in [-0.2, 0) is 23.7 Å². The van der Waals surface area contributed by atoms with Crippen LogP contribution >= 0.6 is 0 Å². The van der Waals surface area contributed by atoms with Crippen LogP contribution in [0.4, 0.5) is 0 Å². The molecule has 14 heteroatoms. The van der Waals surface area contributed by atoms with Crippen LogP contribution in [0.2, 0.25) is 0 Å². The number of rotatable bonds is 39. The van der Waals surface area contributed by atoms with Gasteiger partial charge in [-0.3, -0.25) is 4.79 Å². The topological polar surface area (TPSA) is 228 Å². The van der Waals surface area contributed by atoms with Crippen LogP contribution in [0.25, 0.3) is 0 Å². The summed E-state index contributed by atoms with van der Waals surface area (Å²) in [6.07, 6.45) is 19.9. The number of hydrogen-bond donors (Lipinski definition) is 9. The van der Waals surface area contributed by atoms with E-state index in [0.717, 1.165) is 32.1 Å². The molecule has 9 N–H and O–H groups in total. The van der Waals surface area contributed by atoms with E-state index >= 15 is 0 Å². The number of carbonyl (C=O) groups is 1. The molecule has 0 aromatic rings. The first-order chi connectivity index (χ1) is 30.1. The maximum atomic E-state index is 12.7. The summed E-state index contributed by atoms with van der Waals surface area (Å²) in [7, 11) is 0. The van der Waals surface area contributed by atoms with E-state index in [9.17, 15) is 45.6 Å². The minimum Gasteiger partial charge on any atom is -0.394 e.